The number of aromatic nitrogens is 2. The van der Waals surface area contributed by atoms with Gasteiger partial charge in [-0.2, -0.15) is 0 Å². The van der Waals surface area contributed by atoms with Crippen molar-refractivity contribution in [3.05, 3.63) is 127 Å². The number of hydrogen-bond acceptors (Lipinski definition) is 7. The molecular formula is C52H82N2O3S2. The molecule has 7 heteroatoms. The Morgan fingerprint density at radius 2 is 1.15 bits per heavy atom. The van der Waals surface area contributed by atoms with Gasteiger partial charge in [0, 0.05) is 43.9 Å². The van der Waals surface area contributed by atoms with Gasteiger partial charge in [0.2, 0.25) is 0 Å². The topological polar surface area (TPSA) is 65.2 Å². The summed E-state index contributed by atoms with van der Waals surface area (Å²) in [5.74, 6) is 3.67. The van der Waals surface area contributed by atoms with Crippen molar-refractivity contribution in [2.24, 2.45) is 5.41 Å². The van der Waals surface area contributed by atoms with Gasteiger partial charge in [-0.15, -0.1) is 22.7 Å². The molecule has 5 aromatic rings. The molecule has 0 amide bonds. The Kier molecular flexibility index (Phi) is 19.9. The molecule has 59 heavy (non-hydrogen) atoms. The number of oxazole rings is 1. The first-order chi connectivity index (χ1) is 26.6. The summed E-state index contributed by atoms with van der Waals surface area (Å²) in [4.78, 5) is 8.58. The van der Waals surface area contributed by atoms with Crippen LogP contribution in [0.15, 0.2) is 85.2 Å². The van der Waals surface area contributed by atoms with Crippen LogP contribution >= 0.6 is 22.7 Å². The lowest BCUT2D eigenvalue weighted by Gasteiger charge is -2.19. The molecule has 0 aromatic carbocycles. The van der Waals surface area contributed by atoms with Gasteiger partial charge in [-0.05, 0) is 91.6 Å². The zero-order chi connectivity index (χ0) is 45.8. The van der Waals surface area contributed by atoms with Crippen LogP contribution in [0.5, 0.6) is 0 Å². The van der Waals surface area contributed by atoms with Crippen LogP contribution in [0.25, 0.3) is 0 Å². The van der Waals surface area contributed by atoms with E-state index in [1.165, 1.54) is 20.2 Å². The van der Waals surface area contributed by atoms with E-state index in [0.29, 0.717) is 16.2 Å². The van der Waals surface area contributed by atoms with E-state index in [4.69, 9.17) is 13.4 Å². The van der Waals surface area contributed by atoms with Crippen LogP contribution < -0.4 is 0 Å². The van der Waals surface area contributed by atoms with E-state index in [0.717, 1.165) is 41.0 Å². The number of rotatable bonds is 0. The highest BCUT2D eigenvalue weighted by molar-refractivity contribution is 7.12. The summed E-state index contributed by atoms with van der Waals surface area (Å²) in [7, 11) is 0. The Labute approximate surface area is 369 Å². The van der Waals surface area contributed by atoms with Crippen molar-refractivity contribution < 1.29 is 13.4 Å². The van der Waals surface area contributed by atoms with Crippen molar-refractivity contribution in [1.82, 2.24) is 10.1 Å². The lowest BCUT2D eigenvalue weighted by Crippen LogP contribution is -2.11. The highest BCUT2D eigenvalue weighted by Gasteiger charge is 2.20. The fourth-order valence-electron chi connectivity index (χ4n) is 4.93. The number of aryl methyl sites for hydroxylation is 5. The maximum atomic E-state index is 5.45. The lowest BCUT2D eigenvalue weighted by molar-refractivity contribution is 0.375. The minimum absolute atomic E-state index is 0.109. The molecule has 1 aliphatic rings. The molecule has 0 N–H and O–H groups in total. The van der Waals surface area contributed by atoms with Crippen molar-refractivity contribution in [1.29, 1.82) is 0 Å². The van der Waals surface area contributed by atoms with Crippen molar-refractivity contribution in [2.45, 2.75) is 193 Å². The number of allylic oxidation sites excluding steroid dienone is 4. The number of nitrogens with zero attached hydrogens (tertiary/aromatic N) is 2. The van der Waals surface area contributed by atoms with Crippen LogP contribution in [0.2, 0.25) is 0 Å². The Balaban J connectivity index is 0.000000354. The molecule has 330 valence electrons. The van der Waals surface area contributed by atoms with E-state index in [9.17, 15) is 0 Å². The minimum Gasteiger partial charge on any atom is -0.466 e. The molecular weight excluding hydrogens is 765 g/mol. The largest absolute Gasteiger partial charge is 0.466 e. The smallest absolute Gasteiger partial charge is 0.191 e. The van der Waals surface area contributed by atoms with E-state index in [1.807, 2.05) is 61.6 Å². The Hall–Kier alpha value is -3.42. The number of hydrogen-bond donors (Lipinski definition) is 0. The Morgan fingerprint density at radius 1 is 0.576 bits per heavy atom. The number of furan rings is 1. The van der Waals surface area contributed by atoms with Gasteiger partial charge < -0.3 is 13.4 Å². The highest BCUT2D eigenvalue weighted by atomic mass is 32.1. The second-order valence-electron chi connectivity index (χ2n) is 21.7. The highest BCUT2D eigenvalue weighted by Crippen LogP contribution is 2.31. The Bertz CT molecular complexity index is 1710. The fraction of sp³-hybridized carbons (Fsp3) is 0.577. The maximum absolute atomic E-state index is 5.45. The average molecular weight is 847 g/mol. The molecule has 0 aliphatic heterocycles. The fourth-order valence-corrected chi connectivity index (χ4v) is 6.84. The van der Waals surface area contributed by atoms with Crippen LogP contribution in [-0.4, -0.2) is 10.1 Å². The summed E-state index contributed by atoms with van der Waals surface area (Å²) in [6.45, 7) is 49.4. The molecule has 5 aromatic heterocycles. The molecule has 0 saturated carbocycles. The van der Waals surface area contributed by atoms with Crippen LogP contribution in [0.3, 0.4) is 0 Å². The van der Waals surface area contributed by atoms with E-state index < -0.39 is 0 Å². The maximum Gasteiger partial charge on any atom is 0.191 e. The minimum atomic E-state index is 0.109. The second kappa shape index (κ2) is 21.9. The molecule has 1 aliphatic carbocycles. The number of thiophene rings is 2. The third kappa shape index (κ3) is 21.1. The van der Waals surface area contributed by atoms with Crippen molar-refractivity contribution in [2.75, 3.05) is 0 Å². The van der Waals surface area contributed by atoms with Crippen LogP contribution in [0.4, 0.5) is 0 Å². The van der Waals surface area contributed by atoms with Crippen LogP contribution in [-0.2, 0) is 27.1 Å². The molecule has 0 radical (unpaired) electrons. The molecule has 6 rings (SSSR count). The zero-order valence-corrected chi connectivity index (χ0v) is 43.1. The van der Waals surface area contributed by atoms with Gasteiger partial charge in [-0.3, -0.25) is 0 Å². The van der Waals surface area contributed by atoms with Gasteiger partial charge in [0.15, 0.2) is 5.89 Å². The van der Waals surface area contributed by atoms with Gasteiger partial charge in [0.1, 0.15) is 23.5 Å². The monoisotopic (exact) mass is 847 g/mol. The van der Waals surface area contributed by atoms with Gasteiger partial charge in [0.25, 0.3) is 0 Å². The van der Waals surface area contributed by atoms with Crippen molar-refractivity contribution in [3.63, 3.8) is 0 Å². The molecule has 0 bridgehead atoms. The van der Waals surface area contributed by atoms with Crippen molar-refractivity contribution >= 4 is 22.7 Å². The first-order valence-corrected chi connectivity index (χ1v) is 22.7. The molecule has 0 unspecified atom stereocenters. The summed E-state index contributed by atoms with van der Waals surface area (Å²) < 4.78 is 15.5. The summed E-state index contributed by atoms with van der Waals surface area (Å²) >= 11 is 3.75. The standard InChI is InChI=1S/C9H14O.2C9H14S.C9H14.2C8H13NO/c1-7-5-6-8(10-7)9(2,3)4;1-7-5-8(10-6-7)9(2,3)4;1-7-5-6-8(10-7)9(2,3)4;1-9(2,3)8-6-4-5-7-8;1-6-9-7(5-10-6)8(2,3)4;1-6-5-7(9-10-6)8(2,3)4/h3*5-6H,1-4H3;4-6H,7H2,1-3H3;2*5H,1-4H3. The lowest BCUT2D eigenvalue weighted by atomic mass is 9.86. The quantitative estimate of drug-likeness (QED) is 0.155. The molecule has 5 heterocycles. The SMILES string of the molecule is CC(C)(C)C1=CC=CC1.Cc1cc(C(C)(C)C)no1.Cc1ccc(C(C)(C)C)o1.Cc1ccc(C(C)(C)C)s1.Cc1csc(C(C)(C)C)c1.Cc1nc(C(C)(C)C)co1. The summed E-state index contributed by atoms with van der Waals surface area (Å²) in [5.41, 5.74) is 6.37. The zero-order valence-electron chi connectivity index (χ0n) is 41.5. The summed E-state index contributed by atoms with van der Waals surface area (Å²) in [6, 6.07) is 12.7. The van der Waals surface area contributed by atoms with E-state index >= 15 is 0 Å². The first kappa shape index (κ1) is 53.6. The summed E-state index contributed by atoms with van der Waals surface area (Å²) in [5, 5.41) is 6.12. The predicted molar refractivity (Wildman–Crippen MR) is 259 cm³/mol. The van der Waals surface area contributed by atoms with Gasteiger partial charge in [-0.1, -0.05) is 154 Å². The third-order valence-corrected chi connectivity index (χ3v) is 11.8. The normalized spacial score (nSPS) is 13.0. The van der Waals surface area contributed by atoms with E-state index in [-0.39, 0.29) is 16.2 Å². The molecule has 5 nitrogen and oxygen atoms in total. The molecule has 0 saturated heterocycles. The molecule has 0 fully saturated rings. The Morgan fingerprint density at radius 3 is 1.36 bits per heavy atom. The molecule has 0 spiro atoms. The van der Waals surface area contributed by atoms with Gasteiger partial charge in [0.05, 0.1) is 11.4 Å². The van der Waals surface area contributed by atoms with Gasteiger partial charge in [-0.25, -0.2) is 4.98 Å². The molecule has 0 atom stereocenters. The predicted octanol–water partition coefficient (Wildman–Crippen LogP) is 17.1. The first-order valence-electron chi connectivity index (χ1n) is 21.0. The van der Waals surface area contributed by atoms with Crippen LogP contribution in [0.1, 0.15) is 186 Å². The second-order valence-corrected chi connectivity index (χ2v) is 23.9. The third-order valence-electron chi connectivity index (χ3n) is 8.95. The van der Waals surface area contributed by atoms with E-state index in [1.54, 1.807) is 11.8 Å². The van der Waals surface area contributed by atoms with E-state index in [2.05, 4.69) is 190 Å². The van der Waals surface area contributed by atoms with Crippen molar-refractivity contribution in [3.8, 4) is 0 Å². The van der Waals surface area contributed by atoms with Gasteiger partial charge >= 0.3 is 0 Å². The summed E-state index contributed by atoms with van der Waals surface area (Å²) in [6.07, 6.45) is 9.44. The average Bonchev–Trinajstić information content (AvgIpc) is 3.90. The van der Waals surface area contributed by atoms with Crippen LogP contribution in [0, 0.1) is 40.0 Å².